The van der Waals surface area contributed by atoms with Gasteiger partial charge in [-0.15, -0.1) is 0 Å². The van der Waals surface area contributed by atoms with E-state index in [0.717, 1.165) is 5.56 Å². The molecule has 2 atom stereocenters. The molecule has 28 heavy (non-hydrogen) atoms. The minimum atomic E-state index is -3.85. The minimum Gasteiger partial charge on any atom is -0.449 e. The molecule has 0 aromatic heterocycles. The maximum absolute atomic E-state index is 12.7. The number of hydrogen-bond acceptors (Lipinski definition) is 5. The molecule has 0 fully saturated rings. The van der Waals surface area contributed by atoms with E-state index in [1.54, 1.807) is 13.8 Å². The van der Waals surface area contributed by atoms with E-state index in [2.05, 4.69) is 10.0 Å². The van der Waals surface area contributed by atoms with Gasteiger partial charge in [-0.2, -0.15) is 0 Å². The van der Waals surface area contributed by atoms with Crippen molar-refractivity contribution in [3.63, 3.8) is 0 Å². The van der Waals surface area contributed by atoms with Gasteiger partial charge in [0.25, 0.3) is 5.91 Å². The van der Waals surface area contributed by atoms with E-state index in [4.69, 9.17) is 4.74 Å². The van der Waals surface area contributed by atoms with Crippen LogP contribution in [0.2, 0.25) is 0 Å². The highest BCUT2D eigenvalue weighted by Gasteiger charge is 2.22. The van der Waals surface area contributed by atoms with Crippen molar-refractivity contribution in [3.8, 4) is 0 Å². The van der Waals surface area contributed by atoms with E-state index < -0.39 is 34.0 Å². The molecule has 8 heteroatoms. The third-order valence-corrected chi connectivity index (χ3v) is 5.55. The van der Waals surface area contributed by atoms with Crippen LogP contribution in [-0.4, -0.2) is 32.9 Å². The molecule has 0 spiro atoms. The highest BCUT2D eigenvalue weighted by Crippen LogP contribution is 2.18. The number of rotatable bonds is 8. The Kier molecular flexibility index (Phi) is 7.31. The summed E-state index contributed by atoms with van der Waals surface area (Å²) in [4.78, 5) is 23.9. The number of carbonyl (C=O) groups excluding carboxylic acids is 2. The van der Waals surface area contributed by atoms with Gasteiger partial charge < -0.3 is 10.1 Å². The second-order valence-corrected chi connectivity index (χ2v) is 7.94. The lowest BCUT2D eigenvalue weighted by Gasteiger charge is -2.15. The van der Waals surface area contributed by atoms with Gasteiger partial charge in [-0.1, -0.05) is 36.4 Å². The number of amides is 1. The van der Waals surface area contributed by atoms with E-state index in [-0.39, 0.29) is 10.5 Å². The first-order valence-corrected chi connectivity index (χ1v) is 10.4. The molecule has 2 N–H and O–H groups in total. The van der Waals surface area contributed by atoms with Crippen LogP contribution < -0.4 is 10.0 Å². The fourth-order valence-corrected chi connectivity index (χ4v) is 3.78. The van der Waals surface area contributed by atoms with Gasteiger partial charge in [0.2, 0.25) is 10.0 Å². The molecule has 0 aliphatic heterocycles. The maximum Gasteiger partial charge on any atom is 0.338 e. The predicted octanol–water partition coefficient (Wildman–Crippen LogP) is 2.41. The van der Waals surface area contributed by atoms with Crippen LogP contribution in [0.5, 0.6) is 0 Å². The number of nitrogens with one attached hydrogen (secondary N) is 2. The third kappa shape index (κ3) is 5.64. The Labute approximate surface area is 165 Å². The lowest BCUT2D eigenvalue weighted by atomic mass is 10.1. The van der Waals surface area contributed by atoms with Crippen molar-refractivity contribution in [3.05, 3.63) is 65.7 Å². The quantitative estimate of drug-likeness (QED) is 0.658. The zero-order chi connectivity index (χ0) is 20.7. The summed E-state index contributed by atoms with van der Waals surface area (Å²) in [5, 5.41) is 2.55. The molecule has 2 aromatic carbocycles. The topological polar surface area (TPSA) is 102 Å². The summed E-state index contributed by atoms with van der Waals surface area (Å²) in [5.41, 5.74) is 0.865. The van der Waals surface area contributed by atoms with Crippen molar-refractivity contribution in [2.24, 2.45) is 0 Å². The van der Waals surface area contributed by atoms with Gasteiger partial charge in [-0.25, -0.2) is 17.9 Å². The summed E-state index contributed by atoms with van der Waals surface area (Å²) in [6.45, 7) is 5.36. The van der Waals surface area contributed by atoms with Crippen molar-refractivity contribution in [1.82, 2.24) is 10.0 Å². The third-order valence-electron chi connectivity index (χ3n) is 4.02. The Balaban J connectivity index is 2.15. The van der Waals surface area contributed by atoms with Crippen LogP contribution in [0, 0.1) is 0 Å². The Bertz CT molecular complexity index is 929. The molecule has 150 valence electrons. The molecule has 2 unspecified atom stereocenters. The first-order chi connectivity index (χ1) is 13.2. The van der Waals surface area contributed by atoms with E-state index in [1.807, 2.05) is 30.3 Å². The van der Waals surface area contributed by atoms with Crippen LogP contribution >= 0.6 is 0 Å². The number of carbonyl (C=O) groups is 2. The molecular formula is C20H24N2O5S. The summed E-state index contributed by atoms with van der Waals surface area (Å²) in [6.07, 6.45) is -0.982. The van der Waals surface area contributed by atoms with Crippen molar-refractivity contribution in [2.75, 3.05) is 6.54 Å². The van der Waals surface area contributed by atoms with Crippen molar-refractivity contribution >= 4 is 21.9 Å². The zero-order valence-electron chi connectivity index (χ0n) is 16.0. The first kappa shape index (κ1) is 21.6. The molecule has 0 saturated carbocycles. The lowest BCUT2D eigenvalue weighted by Crippen LogP contribution is -2.35. The average Bonchev–Trinajstić information content (AvgIpc) is 2.68. The minimum absolute atomic E-state index is 0.0476. The Morgan fingerprint density at radius 2 is 1.71 bits per heavy atom. The average molecular weight is 404 g/mol. The molecule has 1 amide bonds. The molecule has 0 aliphatic rings. The second kappa shape index (κ2) is 9.48. The molecule has 0 saturated heterocycles. The summed E-state index contributed by atoms with van der Waals surface area (Å²) >= 11 is 0. The first-order valence-electron chi connectivity index (χ1n) is 8.90. The van der Waals surface area contributed by atoms with Gasteiger partial charge >= 0.3 is 5.97 Å². The van der Waals surface area contributed by atoms with Crippen LogP contribution in [0.15, 0.2) is 59.5 Å². The highest BCUT2D eigenvalue weighted by atomic mass is 32.2. The van der Waals surface area contributed by atoms with Crippen molar-refractivity contribution in [2.45, 2.75) is 37.8 Å². The molecular weight excluding hydrogens is 380 g/mol. The van der Waals surface area contributed by atoms with Gasteiger partial charge in [0, 0.05) is 12.6 Å². The zero-order valence-corrected chi connectivity index (χ0v) is 16.8. The summed E-state index contributed by atoms with van der Waals surface area (Å²) < 4.78 is 33.0. The summed E-state index contributed by atoms with van der Waals surface area (Å²) in [7, 11) is -3.85. The molecule has 2 rings (SSSR count). The highest BCUT2D eigenvalue weighted by molar-refractivity contribution is 7.89. The molecule has 0 bridgehead atoms. The normalized spacial score (nSPS) is 13.4. The number of likely N-dealkylation sites (N-methyl/N-ethyl adjacent to an activating group) is 1. The van der Waals surface area contributed by atoms with Gasteiger partial charge in [-0.3, -0.25) is 4.79 Å². The van der Waals surface area contributed by atoms with Gasteiger partial charge in [0.05, 0.1) is 10.5 Å². The van der Waals surface area contributed by atoms with Gasteiger partial charge in [-0.05, 0) is 44.5 Å². The molecule has 7 nitrogen and oxygen atoms in total. The number of benzene rings is 2. The van der Waals surface area contributed by atoms with Crippen LogP contribution in [0.4, 0.5) is 0 Å². The number of sulfonamides is 1. The monoisotopic (exact) mass is 404 g/mol. The molecule has 2 aromatic rings. The number of esters is 1. The molecule has 0 aliphatic carbocycles. The number of hydrogen-bond donors (Lipinski definition) is 2. The van der Waals surface area contributed by atoms with Crippen molar-refractivity contribution in [1.29, 1.82) is 0 Å². The smallest absolute Gasteiger partial charge is 0.338 e. The van der Waals surface area contributed by atoms with E-state index in [9.17, 15) is 18.0 Å². The van der Waals surface area contributed by atoms with Crippen molar-refractivity contribution < 1.29 is 22.7 Å². The van der Waals surface area contributed by atoms with E-state index >= 15 is 0 Å². The van der Waals surface area contributed by atoms with Crippen LogP contribution in [0.3, 0.4) is 0 Å². The van der Waals surface area contributed by atoms with Crippen LogP contribution in [-0.2, 0) is 19.6 Å². The number of ether oxygens (including phenoxy) is 1. The van der Waals surface area contributed by atoms with Crippen LogP contribution in [0.1, 0.15) is 42.7 Å². The van der Waals surface area contributed by atoms with Gasteiger partial charge in [0.1, 0.15) is 0 Å². The fourth-order valence-electron chi connectivity index (χ4n) is 2.50. The second-order valence-electron chi connectivity index (χ2n) is 6.22. The Morgan fingerprint density at radius 3 is 2.36 bits per heavy atom. The fraction of sp³-hybridized carbons (Fsp3) is 0.300. The summed E-state index contributed by atoms with van der Waals surface area (Å²) in [5.74, 6) is -1.19. The Hall–Kier alpha value is -2.71. The molecule has 0 radical (unpaired) electrons. The predicted molar refractivity (Wildman–Crippen MR) is 105 cm³/mol. The van der Waals surface area contributed by atoms with Gasteiger partial charge in [0.15, 0.2) is 6.10 Å². The van der Waals surface area contributed by atoms with E-state index in [0.29, 0.717) is 6.54 Å². The Morgan fingerprint density at radius 1 is 1.04 bits per heavy atom. The maximum atomic E-state index is 12.7. The summed E-state index contributed by atoms with van der Waals surface area (Å²) in [6, 6.07) is 14.2. The molecule has 0 heterocycles. The SMILES string of the molecule is CCNC(=O)C(C)OC(=O)c1cccc(S(=O)(=O)NC(C)c2ccccc2)c1. The van der Waals surface area contributed by atoms with E-state index in [1.165, 1.54) is 31.2 Å². The van der Waals surface area contributed by atoms with Crippen LogP contribution in [0.25, 0.3) is 0 Å². The lowest BCUT2D eigenvalue weighted by molar-refractivity contribution is -0.128. The largest absolute Gasteiger partial charge is 0.449 e. The standard InChI is InChI=1S/C20H24N2O5S/c1-4-21-19(23)15(3)27-20(24)17-11-8-12-18(13-17)28(25,26)22-14(2)16-9-6-5-7-10-16/h5-15,22H,4H2,1-3H3,(H,21,23).